The maximum absolute atomic E-state index is 11.9. The van der Waals surface area contributed by atoms with Crippen molar-refractivity contribution in [1.29, 1.82) is 0 Å². The molecule has 0 saturated heterocycles. The largest absolute Gasteiger partial charge is 1.00 e. The van der Waals surface area contributed by atoms with E-state index in [0.29, 0.717) is 32.9 Å². The third-order valence-corrected chi connectivity index (χ3v) is 9.70. The number of nitrogens with zero attached hydrogens (tertiary/aromatic N) is 6. The van der Waals surface area contributed by atoms with Gasteiger partial charge in [0.05, 0.1) is 16.8 Å². The number of carbonyl (C=O) groups excluding carboxylic acids is 1. The maximum atomic E-state index is 11.9. The van der Waals surface area contributed by atoms with Crippen LogP contribution in [0.2, 0.25) is 5.02 Å². The lowest BCUT2D eigenvalue weighted by molar-refractivity contribution is -0.697. The molecule has 0 aliphatic carbocycles. The zero-order chi connectivity index (χ0) is 37.6. The van der Waals surface area contributed by atoms with Gasteiger partial charge in [-0.15, -0.1) is 5.10 Å². The predicted molar refractivity (Wildman–Crippen MR) is 212 cm³/mol. The molecule has 55 heavy (non-hydrogen) atoms. The normalized spacial score (nSPS) is 11.2. The molecular formula is C43H56Cl2N6O4. The minimum atomic E-state index is -0.434. The third kappa shape index (κ3) is 15.6. The number of hydrogen-bond acceptors (Lipinski definition) is 8. The van der Waals surface area contributed by atoms with Gasteiger partial charge in [-0.1, -0.05) is 55.0 Å². The molecule has 0 atom stereocenters. The minimum absolute atomic E-state index is 0. The number of aryl methyl sites for hydroxylation is 4. The summed E-state index contributed by atoms with van der Waals surface area (Å²) in [4.78, 5) is 20.4. The second kappa shape index (κ2) is 25.2. The number of fused-ring (bicyclic) bond motifs is 1. The van der Waals surface area contributed by atoms with Gasteiger partial charge in [0.2, 0.25) is 0 Å². The second-order valence-electron chi connectivity index (χ2n) is 13.9. The summed E-state index contributed by atoms with van der Waals surface area (Å²) in [6.07, 6.45) is 27.6. The fourth-order valence-electron chi connectivity index (χ4n) is 6.55. The molecule has 10 nitrogen and oxygen atoms in total. The smallest absolute Gasteiger partial charge is 0.308 e. The highest BCUT2D eigenvalue weighted by Crippen LogP contribution is 2.39. The topological polar surface area (TPSA) is 105 Å². The summed E-state index contributed by atoms with van der Waals surface area (Å²) < 4.78 is 21.5. The van der Waals surface area contributed by atoms with Gasteiger partial charge >= 0.3 is 5.97 Å². The highest BCUT2D eigenvalue weighted by Gasteiger charge is 2.19. The lowest BCUT2D eigenvalue weighted by atomic mass is 10.1. The average molecular weight is 792 g/mol. The highest BCUT2D eigenvalue weighted by atomic mass is 35.5. The molecule has 0 unspecified atom stereocenters. The number of pyridine rings is 3. The molecule has 0 bridgehead atoms. The Labute approximate surface area is 337 Å². The van der Waals surface area contributed by atoms with Gasteiger partial charge in [-0.25, -0.2) is 4.57 Å². The van der Waals surface area contributed by atoms with Crippen LogP contribution in [0.3, 0.4) is 0 Å². The molecule has 0 spiro atoms. The molecule has 0 N–H and O–H groups in total. The van der Waals surface area contributed by atoms with E-state index in [0.717, 1.165) is 97.3 Å². The van der Waals surface area contributed by atoms with Gasteiger partial charge in [0, 0.05) is 81.9 Å². The van der Waals surface area contributed by atoms with Crippen LogP contribution >= 0.6 is 11.6 Å². The third-order valence-electron chi connectivity index (χ3n) is 9.39. The van der Waals surface area contributed by atoms with Gasteiger partial charge in [0.1, 0.15) is 17.8 Å². The van der Waals surface area contributed by atoms with E-state index in [9.17, 15) is 4.79 Å². The first-order chi connectivity index (χ1) is 26.6. The van der Waals surface area contributed by atoms with Crippen molar-refractivity contribution in [2.24, 2.45) is 0 Å². The summed E-state index contributed by atoms with van der Waals surface area (Å²) in [5.41, 5.74) is 4.36. The molecule has 5 aromatic rings. The standard InChI is InChI=1S/C43H56ClN6O4.ClH/c1-35(51)54-43-39(31-40(44)38-21-13-23-46-42(38)43)41-34-50(48-47-41)26-9-5-7-11-28-53-30-16-20-37-18-14-25-49(33-37)24-8-4-2-3-6-10-27-52-29-15-19-36-17-12-22-45-32-36;/h12-14,17-18,21-23,25,31-34H,2-11,15-16,19-20,24,26-30H2,1H3;1H/q+1;/p-1. The summed E-state index contributed by atoms with van der Waals surface area (Å²) in [6.45, 7) is 6.49. The van der Waals surface area contributed by atoms with E-state index in [-0.39, 0.29) is 12.4 Å². The predicted octanol–water partition coefficient (Wildman–Crippen LogP) is 5.96. The van der Waals surface area contributed by atoms with E-state index in [1.54, 1.807) is 18.3 Å². The molecular weight excluding hydrogens is 735 g/mol. The SMILES string of the molecule is CC(=O)Oc1c(-c2cn(CCCCCCOCCCc3ccc[n+](CCCCCCCCOCCCc4cccnc4)c3)nn2)cc(Cl)c2cccnc12.[Cl-]. The molecule has 4 aromatic heterocycles. The van der Waals surface area contributed by atoms with E-state index in [1.807, 2.05) is 35.4 Å². The molecule has 12 heteroatoms. The fraction of sp³-hybridized carbons (Fsp3) is 0.488. The highest BCUT2D eigenvalue weighted by molar-refractivity contribution is 6.36. The molecule has 0 radical (unpaired) electrons. The van der Waals surface area contributed by atoms with Crippen LogP contribution in [0.4, 0.5) is 0 Å². The van der Waals surface area contributed by atoms with Crippen molar-refractivity contribution in [3.05, 3.63) is 95.8 Å². The van der Waals surface area contributed by atoms with Crippen LogP contribution in [0, 0.1) is 0 Å². The quantitative estimate of drug-likeness (QED) is 0.0293. The van der Waals surface area contributed by atoms with Crippen molar-refractivity contribution in [2.45, 2.75) is 110 Å². The molecule has 0 aliphatic rings. The maximum Gasteiger partial charge on any atom is 0.308 e. The molecule has 0 saturated carbocycles. The van der Waals surface area contributed by atoms with Crippen molar-refractivity contribution in [1.82, 2.24) is 25.0 Å². The van der Waals surface area contributed by atoms with Crippen LogP contribution < -0.4 is 21.7 Å². The Kier molecular flexibility index (Phi) is 20.1. The van der Waals surface area contributed by atoms with Crippen LogP contribution in [-0.4, -0.2) is 57.4 Å². The number of rotatable bonds is 26. The number of hydrogen-bond donors (Lipinski definition) is 0. The number of esters is 1. The molecule has 0 amide bonds. The fourth-order valence-corrected chi connectivity index (χ4v) is 6.81. The number of halogens is 2. The monoisotopic (exact) mass is 790 g/mol. The van der Waals surface area contributed by atoms with Crippen molar-refractivity contribution >= 4 is 28.5 Å². The molecule has 0 fully saturated rings. The first kappa shape index (κ1) is 43.8. The number of ether oxygens (including phenoxy) is 3. The zero-order valence-electron chi connectivity index (χ0n) is 32.2. The Morgan fingerprint density at radius 1 is 0.800 bits per heavy atom. The van der Waals surface area contributed by atoms with Gasteiger partial charge in [-0.05, 0) is 87.3 Å². The van der Waals surface area contributed by atoms with Gasteiger partial charge in [-0.2, -0.15) is 0 Å². The molecule has 1 aromatic carbocycles. The molecule has 5 rings (SSSR count). The van der Waals surface area contributed by atoms with Crippen molar-refractivity contribution < 1.29 is 36.0 Å². The molecule has 296 valence electrons. The number of unbranched alkanes of at least 4 members (excludes halogenated alkanes) is 8. The summed E-state index contributed by atoms with van der Waals surface area (Å²) in [6, 6.07) is 13.9. The van der Waals surface area contributed by atoms with Gasteiger partial charge in [-0.3, -0.25) is 19.4 Å². The van der Waals surface area contributed by atoms with Gasteiger partial charge in [0.15, 0.2) is 18.1 Å². The summed E-state index contributed by atoms with van der Waals surface area (Å²) in [5.74, 6) is -0.0899. The van der Waals surface area contributed by atoms with Crippen LogP contribution in [0.15, 0.2) is 79.6 Å². The first-order valence-corrected chi connectivity index (χ1v) is 20.1. The van der Waals surface area contributed by atoms with Crippen LogP contribution in [0.5, 0.6) is 5.75 Å². The first-order valence-electron chi connectivity index (χ1n) is 19.8. The lowest BCUT2D eigenvalue weighted by Crippen LogP contribution is -3.00. The Bertz CT molecular complexity index is 1840. The Morgan fingerprint density at radius 3 is 2.22 bits per heavy atom. The Balaban J connectivity index is 0.00000673. The average Bonchev–Trinajstić information content (AvgIpc) is 3.66. The van der Waals surface area contributed by atoms with E-state index < -0.39 is 5.97 Å². The van der Waals surface area contributed by atoms with E-state index in [2.05, 4.69) is 55.4 Å². The lowest BCUT2D eigenvalue weighted by Gasteiger charge is -2.11. The van der Waals surface area contributed by atoms with Crippen LogP contribution in [0.25, 0.3) is 22.2 Å². The number of benzene rings is 1. The zero-order valence-corrected chi connectivity index (χ0v) is 33.7. The van der Waals surface area contributed by atoms with E-state index in [4.69, 9.17) is 25.8 Å². The van der Waals surface area contributed by atoms with Crippen LogP contribution in [-0.2, 0) is 40.2 Å². The molecule has 4 heterocycles. The summed E-state index contributed by atoms with van der Waals surface area (Å²) in [7, 11) is 0. The summed E-state index contributed by atoms with van der Waals surface area (Å²) in [5, 5.41) is 9.86. The summed E-state index contributed by atoms with van der Waals surface area (Å²) >= 11 is 6.54. The second-order valence-corrected chi connectivity index (χ2v) is 14.3. The number of carbonyl (C=O) groups is 1. The van der Waals surface area contributed by atoms with Crippen molar-refractivity contribution in [3.63, 3.8) is 0 Å². The Morgan fingerprint density at radius 2 is 1.47 bits per heavy atom. The van der Waals surface area contributed by atoms with E-state index in [1.165, 1.54) is 50.2 Å². The van der Waals surface area contributed by atoms with Crippen LogP contribution in [0.1, 0.15) is 95.1 Å². The van der Waals surface area contributed by atoms with Crippen molar-refractivity contribution in [2.75, 3.05) is 26.4 Å². The molecule has 0 aliphatic heterocycles. The Hall–Kier alpha value is -3.96. The van der Waals surface area contributed by atoms with E-state index >= 15 is 0 Å². The number of aromatic nitrogens is 6. The van der Waals surface area contributed by atoms with Crippen molar-refractivity contribution in [3.8, 4) is 17.0 Å². The minimum Gasteiger partial charge on any atom is -1.00 e. The van der Waals surface area contributed by atoms with Gasteiger partial charge < -0.3 is 26.6 Å². The van der Waals surface area contributed by atoms with Gasteiger partial charge in [0.25, 0.3) is 0 Å².